The van der Waals surface area contributed by atoms with Crippen molar-refractivity contribution < 1.29 is 9.53 Å². The van der Waals surface area contributed by atoms with Crippen LogP contribution in [0.2, 0.25) is 0 Å². The van der Waals surface area contributed by atoms with Crippen molar-refractivity contribution in [3.63, 3.8) is 0 Å². The van der Waals surface area contributed by atoms with Gasteiger partial charge in [-0.25, -0.2) is 0 Å². The smallest absolute Gasteiger partial charge is 0.232 e. The summed E-state index contributed by atoms with van der Waals surface area (Å²) in [5, 5.41) is 12.2. The Morgan fingerprint density at radius 1 is 1.50 bits per heavy atom. The molecule has 20 heavy (non-hydrogen) atoms. The van der Waals surface area contributed by atoms with Crippen molar-refractivity contribution in [2.45, 2.75) is 19.4 Å². The Bertz CT molecular complexity index is 579. The van der Waals surface area contributed by atoms with E-state index in [4.69, 9.17) is 4.74 Å². The zero-order valence-corrected chi connectivity index (χ0v) is 11.4. The number of anilines is 2. The molecular weight excluding hydrogens is 254 g/mol. The topological polar surface area (TPSA) is 65.4 Å². The molecule has 104 valence electrons. The fourth-order valence-corrected chi connectivity index (χ4v) is 3.03. The summed E-state index contributed by atoms with van der Waals surface area (Å²) in [4.78, 5) is 14.6. The van der Waals surface area contributed by atoms with E-state index < -0.39 is 0 Å². The third-order valence-corrected chi connectivity index (χ3v) is 3.97. The lowest BCUT2D eigenvalue weighted by Crippen LogP contribution is -2.42. The molecule has 0 saturated carbocycles. The van der Waals surface area contributed by atoms with Crippen molar-refractivity contribution in [3.8, 4) is 6.07 Å². The molecule has 1 amide bonds. The molecule has 0 spiro atoms. The van der Waals surface area contributed by atoms with Crippen LogP contribution in [-0.4, -0.2) is 31.7 Å². The number of carbonyl (C=O) groups excluding carboxylic acids is 1. The highest BCUT2D eigenvalue weighted by Crippen LogP contribution is 2.37. The van der Waals surface area contributed by atoms with Gasteiger partial charge in [-0.05, 0) is 18.6 Å². The number of ether oxygens (including phenoxy) is 1. The van der Waals surface area contributed by atoms with Crippen LogP contribution < -0.4 is 10.2 Å². The van der Waals surface area contributed by atoms with Gasteiger partial charge in [0.05, 0.1) is 42.1 Å². The molecule has 2 aliphatic heterocycles. The van der Waals surface area contributed by atoms with Crippen molar-refractivity contribution in [1.29, 1.82) is 5.26 Å². The Hall–Kier alpha value is -2.06. The summed E-state index contributed by atoms with van der Waals surface area (Å²) in [6, 6.07) is 7.78. The van der Waals surface area contributed by atoms with Gasteiger partial charge in [-0.3, -0.25) is 4.79 Å². The first-order chi connectivity index (χ1) is 9.76. The van der Waals surface area contributed by atoms with E-state index in [9.17, 15) is 10.1 Å². The molecule has 1 aromatic rings. The molecule has 2 unspecified atom stereocenters. The lowest BCUT2D eigenvalue weighted by Gasteiger charge is -2.31. The van der Waals surface area contributed by atoms with Gasteiger partial charge < -0.3 is 15.0 Å². The number of hydrogen-bond acceptors (Lipinski definition) is 4. The number of nitrogens with one attached hydrogen (secondary N) is 1. The van der Waals surface area contributed by atoms with E-state index in [1.165, 1.54) is 0 Å². The van der Waals surface area contributed by atoms with Crippen LogP contribution in [0.15, 0.2) is 18.2 Å². The Kier molecular flexibility index (Phi) is 3.33. The maximum atomic E-state index is 12.3. The molecule has 0 aliphatic carbocycles. The molecule has 1 saturated heterocycles. The molecule has 2 atom stereocenters. The lowest BCUT2D eigenvalue weighted by molar-refractivity contribution is -0.120. The van der Waals surface area contributed by atoms with Crippen molar-refractivity contribution in [2.24, 2.45) is 5.92 Å². The first kappa shape index (κ1) is 12.9. The van der Waals surface area contributed by atoms with Crippen LogP contribution in [0.3, 0.4) is 0 Å². The normalized spacial score (nSPS) is 24.4. The van der Waals surface area contributed by atoms with E-state index in [0.717, 1.165) is 18.7 Å². The predicted molar refractivity (Wildman–Crippen MR) is 75.5 cm³/mol. The number of amides is 1. The average Bonchev–Trinajstić information content (AvgIpc) is 2.90. The van der Waals surface area contributed by atoms with Crippen molar-refractivity contribution in [3.05, 3.63) is 23.8 Å². The lowest BCUT2D eigenvalue weighted by atomic mass is 10.0. The summed E-state index contributed by atoms with van der Waals surface area (Å²) in [7, 11) is 0. The number of rotatable bonds is 2. The van der Waals surface area contributed by atoms with Crippen LogP contribution >= 0.6 is 0 Å². The number of nitrogens with zero attached hydrogens (tertiary/aromatic N) is 2. The Balaban J connectivity index is 2.13. The highest BCUT2D eigenvalue weighted by atomic mass is 16.5. The number of hydrogen-bond donors (Lipinski definition) is 1. The molecule has 2 heterocycles. The zero-order chi connectivity index (χ0) is 14.1. The second kappa shape index (κ2) is 5.14. The molecule has 1 N–H and O–H groups in total. The maximum Gasteiger partial charge on any atom is 0.232 e. The van der Waals surface area contributed by atoms with E-state index in [-0.39, 0.29) is 17.9 Å². The quantitative estimate of drug-likeness (QED) is 0.890. The van der Waals surface area contributed by atoms with Crippen molar-refractivity contribution in [1.82, 2.24) is 0 Å². The van der Waals surface area contributed by atoms with Crippen LogP contribution in [0.25, 0.3) is 0 Å². The van der Waals surface area contributed by atoms with Gasteiger partial charge in [0.2, 0.25) is 5.91 Å². The molecule has 5 heteroatoms. The SMILES string of the molecule is CCCN1c2cccc(C#N)c2NC(=O)C2COCC21. The zero-order valence-electron chi connectivity index (χ0n) is 11.4. The van der Waals surface area contributed by atoms with Gasteiger partial charge in [0.15, 0.2) is 0 Å². The predicted octanol–water partition coefficient (Wildman–Crippen LogP) is 1.74. The molecule has 0 radical (unpaired) electrons. The summed E-state index contributed by atoms with van der Waals surface area (Å²) in [5.41, 5.74) is 2.08. The van der Waals surface area contributed by atoms with Crippen molar-refractivity contribution >= 4 is 17.3 Å². The summed E-state index contributed by atoms with van der Waals surface area (Å²) >= 11 is 0. The fourth-order valence-electron chi connectivity index (χ4n) is 3.03. The number of para-hydroxylation sites is 1. The Morgan fingerprint density at radius 3 is 3.10 bits per heavy atom. The first-order valence-corrected chi connectivity index (χ1v) is 6.94. The van der Waals surface area contributed by atoms with Crippen LogP contribution in [0.5, 0.6) is 0 Å². The Labute approximate surface area is 118 Å². The third-order valence-electron chi connectivity index (χ3n) is 3.97. The highest BCUT2D eigenvalue weighted by Gasteiger charge is 2.41. The third kappa shape index (κ3) is 1.93. The minimum atomic E-state index is -0.166. The van der Waals surface area contributed by atoms with Gasteiger partial charge in [0.1, 0.15) is 6.07 Å². The van der Waals surface area contributed by atoms with E-state index in [0.29, 0.717) is 24.5 Å². The van der Waals surface area contributed by atoms with Crippen LogP contribution in [-0.2, 0) is 9.53 Å². The summed E-state index contributed by atoms with van der Waals surface area (Å²) in [6.45, 7) is 3.97. The van der Waals surface area contributed by atoms with E-state index in [1.54, 1.807) is 6.07 Å². The monoisotopic (exact) mass is 271 g/mol. The van der Waals surface area contributed by atoms with Gasteiger partial charge in [-0.2, -0.15) is 5.26 Å². The van der Waals surface area contributed by atoms with Gasteiger partial charge in [-0.15, -0.1) is 0 Å². The van der Waals surface area contributed by atoms with Crippen LogP contribution in [0, 0.1) is 17.2 Å². The van der Waals surface area contributed by atoms with Crippen LogP contribution in [0.1, 0.15) is 18.9 Å². The molecule has 0 aromatic heterocycles. The maximum absolute atomic E-state index is 12.3. The fraction of sp³-hybridized carbons (Fsp3) is 0.467. The molecule has 3 rings (SSSR count). The highest BCUT2D eigenvalue weighted by molar-refractivity contribution is 6.00. The number of nitriles is 1. The minimum Gasteiger partial charge on any atom is -0.378 e. The van der Waals surface area contributed by atoms with E-state index in [2.05, 4.69) is 23.2 Å². The second-order valence-electron chi connectivity index (χ2n) is 5.21. The molecule has 0 bridgehead atoms. The van der Waals surface area contributed by atoms with Gasteiger partial charge in [0.25, 0.3) is 0 Å². The molecule has 5 nitrogen and oxygen atoms in total. The van der Waals surface area contributed by atoms with Gasteiger partial charge in [-0.1, -0.05) is 13.0 Å². The molecule has 1 aromatic carbocycles. The summed E-state index contributed by atoms with van der Waals surface area (Å²) in [6.07, 6.45) is 0.980. The Morgan fingerprint density at radius 2 is 2.35 bits per heavy atom. The largest absolute Gasteiger partial charge is 0.378 e. The summed E-state index contributed by atoms with van der Waals surface area (Å²) in [5.74, 6) is -0.212. The number of fused-ring (bicyclic) bond motifs is 2. The molecular formula is C15H17N3O2. The second-order valence-corrected chi connectivity index (χ2v) is 5.21. The van der Waals surface area contributed by atoms with Gasteiger partial charge in [0, 0.05) is 6.54 Å². The van der Waals surface area contributed by atoms with Gasteiger partial charge >= 0.3 is 0 Å². The minimum absolute atomic E-state index is 0.0462. The number of carbonyl (C=O) groups is 1. The summed E-state index contributed by atoms with van der Waals surface area (Å²) < 4.78 is 5.50. The molecule has 1 fully saturated rings. The standard InChI is InChI=1S/C15H17N3O2/c1-2-6-18-12-5-3-4-10(7-16)14(12)17-15(19)11-8-20-9-13(11)18/h3-5,11,13H,2,6,8-9H2,1H3,(H,17,19). The molecule has 2 aliphatic rings. The average molecular weight is 271 g/mol. The first-order valence-electron chi connectivity index (χ1n) is 6.94. The number of benzene rings is 1. The van der Waals surface area contributed by atoms with E-state index in [1.807, 2.05) is 12.1 Å². The van der Waals surface area contributed by atoms with E-state index >= 15 is 0 Å². The van der Waals surface area contributed by atoms with Crippen molar-refractivity contribution in [2.75, 3.05) is 30.0 Å². The van der Waals surface area contributed by atoms with Crippen LogP contribution in [0.4, 0.5) is 11.4 Å².